The minimum Gasteiger partial charge on any atom is -0.352 e. The summed E-state index contributed by atoms with van der Waals surface area (Å²) >= 11 is 0. The third-order valence-corrected chi connectivity index (χ3v) is 3.20. The van der Waals surface area contributed by atoms with Crippen LogP contribution in [0.25, 0.3) is 0 Å². The number of hydrogen-bond acceptors (Lipinski definition) is 2. The van der Waals surface area contributed by atoms with Crippen LogP contribution in [0.2, 0.25) is 0 Å². The highest BCUT2D eigenvalue weighted by atomic mass is 16.2. The Kier molecular flexibility index (Phi) is 4.94. The van der Waals surface area contributed by atoms with E-state index in [0.717, 1.165) is 11.1 Å². The molecule has 2 amide bonds. The predicted octanol–water partition coefficient (Wildman–Crippen LogP) is 3.31. The van der Waals surface area contributed by atoms with Gasteiger partial charge in [-0.1, -0.05) is 23.3 Å². The summed E-state index contributed by atoms with van der Waals surface area (Å²) in [4.78, 5) is 24.1. The van der Waals surface area contributed by atoms with Gasteiger partial charge >= 0.3 is 0 Å². The lowest BCUT2D eigenvalue weighted by Gasteiger charge is -2.09. The first-order valence-electron chi connectivity index (χ1n) is 7.27. The summed E-state index contributed by atoms with van der Waals surface area (Å²) in [5, 5.41) is 5.57. The van der Waals surface area contributed by atoms with E-state index in [1.165, 1.54) is 0 Å². The number of amides is 2. The summed E-state index contributed by atoms with van der Waals surface area (Å²) in [5.41, 5.74) is 3.83. The van der Waals surface area contributed by atoms with Gasteiger partial charge in [0.15, 0.2) is 0 Å². The summed E-state index contributed by atoms with van der Waals surface area (Å²) in [6, 6.07) is 12.6. The predicted molar refractivity (Wildman–Crippen MR) is 88.3 cm³/mol. The molecule has 2 aromatic carbocycles. The monoisotopic (exact) mass is 296 g/mol. The molecule has 0 fully saturated rings. The average Bonchev–Trinajstić information content (AvgIpc) is 2.46. The van der Waals surface area contributed by atoms with Crippen molar-refractivity contribution in [3.63, 3.8) is 0 Å². The molecule has 0 aliphatic rings. The summed E-state index contributed by atoms with van der Waals surface area (Å²) in [7, 11) is 0. The zero-order valence-corrected chi connectivity index (χ0v) is 13.1. The first-order valence-corrected chi connectivity index (χ1v) is 7.27. The molecule has 0 aliphatic carbocycles. The molecule has 4 heteroatoms. The molecule has 0 atom stereocenters. The molecule has 0 heterocycles. The van der Waals surface area contributed by atoms with Crippen LogP contribution >= 0.6 is 0 Å². The average molecular weight is 296 g/mol. The minimum atomic E-state index is -0.181. The second-order valence-electron chi connectivity index (χ2n) is 5.27. The van der Waals surface area contributed by atoms with E-state index in [1.54, 1.807) is 24.3 Å². The first kappa shape index (κ1) is 15.8. The maximum absolute atomic E-state index is 12.3. The Morgan fingerprint density at radius 2 is 1.59 bits per heavy atom. The number of rotatable bonds is 4. The summed E-state index contributed by atoms with van der Waals surface area (Å²) in [6.45, 7) is 6.35. The standard InChI is InChI=1S/C18H20N2O2/c1-4-19-17(21)14-6-5-7-16(11-14)20-18(22)15-9-12(2)8-13(3)10-15/h5-11H,4H2,1-3H3,(H,19,21)(H,20,22). The minimum absolute atomic E-state index is 0.148. The Morgan fingerprint density at radius 3 is 2.23 bits per heavy atom. The number of nitrogens with one attached hydrogen (secondary N) is 2. The Balaban J connectivity index is 2.18. The quantitative estimate of drug-likeness (QED) is 0.909. The molecule has 0 radical (unpaired) electrons. The molecule has 0 bridgehead atoms. The molecule has 114 valence electrons. The van der Waals surface area contributed by atoms with Gasteiger partial charge < -0.3 is 10.6 Å². The molecular formula is C18H20N2O2. The molecule has 22 heavy (non-hydrogen) atoms. The Hall–Kier alpha value is -2.62. The van der Waals surface area contributed by atoms with Crippen molar-refractivity contribution in [3.8, 4) is 0 Å². The van der Waals surface area contributed by atoms with Gasteiger partial charge in [0.2, 0.25) is 0 Å². The number of carbonyl (C=O) groups is 2. The van der Waals surface area contributed by atoms with E-state index in [9.17, 15) is 9.59 Å². The van der Waals surface area contributed by atoms with Crippen LogP contribution < -0.4 is 10.6 Å². The van der Waals surface area contributed by atoms with Crippen LogP contribution in [-0.4, -0.2) is 18.4 Å². The van der Waals surface area contributed by atoms with Gasteiger partial charge in [-0.2, -0.15) is 0 Å². The highest BCUT2D eigenvalue weighted by molar-refractivity contribution is 6.05. The Labute approximate surface area is 130 Å². The topological polar surface area (TPSA) is 58.2 Å². The molecule has 2 aromatic rings. The van der Waals surface area contributed by atoms with E-state index in [1.807, 2.05) is 39.0 Å². The van der Waals surface area contributed by atoms with E-state index < -0.39 is 0 Å². The third kappa shape index (κ3) is 3.95. The fraction of sp³-hybridized carbons (Fsp3) is 0.222. The highest BCUT2D eigenvalue weighted by Crippen LogP contribution is 2.14. The van der Waals surface area contributed by atoms with Gasteiger partial charge in [0.1, 0.15) is 0 Å². The van der Waals surface area contributed by atoms with E-state index in [-0.39, 0.29) is 11.8 Å². The molecule has 4 nitrogen and oxygen atoms in total. The van der Waals surface area contributed by atoms with E-state index in [0.29, 0.717) is 23.4 Å². The first-order chi connectivity index (χ1) is 10.5. The van der Waals surface area contributed by atoms with Gasteiger partial charge in [0.05, 0.1) is 0 Å². The molecule has 2 N–H and O–H groups in total. The van der Waals surface area contributed by atoms with E-state index in [2.05, 4.69) is 10.6 Å². The fourth-order valence-corrected chi connectivity index (χ4v) is 2.31. The Morgan fingerprint density at radius 1 is 0.909 bits per heavy atom. The van der Waals surface area contributed by atoms with Gasteiger partial charge in [-0.25, -0.2) is 0 Å². The van der Waals surface area contributed by atoms with Crippen molar-refractivity contribution in [2.75, 3.05) is 11.9 Å². The summed E-state index contributed by atoms with van der Waals surface area (Å²) < 4.78 is 0. The number of anilines is 1. The lowest BCUT2D eigenvalue weighted by atomic mass is 10.1. The van der Waals surface area contributed by atoms with Crippen LogP contribution in [0.1, 0.15) is 38.8 Å². The van der Waals surface area contributed by atoms with Crippen LogP contribution in [0.3, 0.4) is 0 Å². The number of aryl methyl sites for hydroxylation is 2. The fourth-order valence-electron chi connectivity index (χ4n) is 2.31. The van der Waals surface area contributed by atoms with Gasteiger partial charge in [0, 0.05) is 23.4 Å². The largest absolute Gasteiger partial charge is 0.352 e. The smallest absolute Gasteiger partial charge is 0.255 e. The normalized spacial score (nSPS) is 10.1. The zero-order chi connectivity index (χ0) is 16.1. The van der Waals surface area contributed by atoms with Crippen molar-refractivity contribution in [2.45, 2.75) is 20.8 Å². The summed E-state index contributed by atoms with van der Waals surface area (Å²) in [5.74, 6) is -0.329. The Bertz CT molecular complexity index is 688. The van der Waals surface area contributed by atoms with Crippen LogP contribution in [0.15, 0.2) is 42.5 Å². The van der Waals surface area contributed by atoms with Gasteiger partial charge in [0.25, 0.3) is 11.8 Å². The molecule has 2 rings (SSSR count). The van der Waals surface area contributed by atoms with Crippen LogP contribution in [0, 0.1) is 13.8 Å². The molecule has 0 aromatic heterocycles. The van der Waals surface area contributed by atoms with E-state index in [4.69, 9.17) is 0 Å². The van der Waals surface area contributed by atoms with Gasteiger partial charge in [-0.3, -0.25) is 9.59 Å². The lowest BCUT2D eigenvalue weighted by Crippen LogP contribution is -2.22. The molecule has 0 spiro atoms. The second kappa shape index (κ2) is 6.89. The van der Waals surface area contributed by atoms with Crippen LogP contribution in [0.5, 0.6) is 0 Å². The van der Waals surface area contributed by atoms with Crippen molar-refractivity contribution < 1.29 is 9.59 Å². The maximum atomic E-state index is 12.3. The zero-order valence-electron chi connectivity index (χ0n) is 13.1. The van der Waals surface area contributed by atoms with Crippen LogP contribution in [-0.2, 0) is 0 Å². The van der Waals surface area contributed by atoms with Crippen molar-refractivity contribution in [3.05, 3.63) is 64.7 Å². The van der Waals surface area contributed by atoms with Crippen molar-refractivity contribution >= 4 is 17.5 Å². The summed E-state index contributed by atoms with van der Waals surface area (Å²) in [6.07, 6.45) is 0. The highest BCUT2D eigenvalue weighted by Gasteiger charge is 2.09. The number of hydrogen-bond donors (Lipinski definition) is 2. The van der Waals surface area contributed by atoms with Gasteiger partial charge in [-0.15, -0.1) is 0 Å². The number of benzene rings is 2. The van der Waals surface area contributed by atoms with Crippen molar-refractivity contribution in [2.24, 2.45) is 0 Å². The van der Waals surface area contributed by atoms with Gasteiger partial charge in [-0.05, 0) is 51.1 Å². The molecular weight excluding hydrogens is 276 g/mol. The molecule has 0 unspecified atom stereocenters. The third-order valence-electron chi connectivity index (χ3n) is 3.20. The maximum Gasteiger partial charge on any atom is 0.255 e. The second-order valence-corrected chi connectivity index (χ2v) is 5.27. The van der Waals surface area contributed by atoms with Crippen molar-refractivity contribution in [1.82, 2.24) is 5.32 Å². The SMILES string of the molecule is CCNC(=O)c1cccc(NC(=O)c2cc(C)cc(C)c2)c1. The lowest BCUT2D eigenvalue weighted by molar-refractivity contribution is 0.0954. The van der Waals surface area contributed by atoms with E-state index >= 15 is 0 Å². The van der Waals surface area contributed by atoms with Crippen molar-refractivity contribution in [1.29, 1.82) is 0 Å². The number of carbonyl (C=O) groups excluding carboxylic acids is 2. The van der Waals surface area contributed by atoms with Crippen LogP contribution in [0.4, 0.5) is 5.69 Å². The molecule has 0 saturated heterocycles. The molecule has 0 aliphatic heterocycles. The molecule has 0 saturated carbocycles.